The van der Waals surface area contributed by atoms with Crippen LogP contribution in [0.15, 0.2) is 82.3 Å². The summed E-state index contributed by atoms with van der Waals surface area (Å²) in [5, 5.41) is 10.1. The molecular weight excluding hydrogens is 585 g/mol. The van der Waals surface area contributed by atoms with E-state index in [1.54, 1.807) is 35.4 Å². The van der Waals surface area contributed by atoms with Gasteiger partial charge < -0.3 is 19.0 Å². The number of thiocarbonyl (C=S) groups is 1. The fraction of sp³-hybridized carbons (Fsp3) is 0.242. The molecule has 0 saturated carbocycles. The Labute approximate surface area is 258 Å². The molecule has 6 rings (SSSR count). The average molecular weight is 615 g/mol. The van der Waals surface area contributed by atoms with Crippen molar-refractivity contribution in [2.45, 2.75) is 6.42 Å². The number of carbonyl (C=O) groups excluding carboxylic acids is 1. The molecule has 8 nitrogen and oxygen atoms in total. The van der Waals surface area contributed by atoms with E-state index in [0.717, 1.165) is 71.8 Å². The molecule has 1 amide bonds. The van der Waals surface area contributed by atoms with Crippen molar-refractivity contribution >= 4 is 57.2 Å². The molecule has 2 aliphatic rings. The van der Waals surface area contributed by atoms with Crippen LogP contribution in [0.2, 0.25) is 0 Å². The van der Waals surface area contributed by atoms with E-state index in [1.165, 1.54) is 11.8 Å². The summed E-state index contributed by atoms with van der Waals surface area (Å²) in [6, 6.07) is 20.6. The molecule has 0 bridgehead atoms. The van der Waals surface area contributed by atoms with Crippen LogP contribution in [0.4, 0.5) is 0 Å². The smallest absolute Gasteiger partial charge is 0.335 e. The van der Waals surface area contributed by atoms with Gasteiger partial charge in [-0.3, -0.25) is 14.6 Å². The van der Waals surface area contributed by atoms with Crippen molar-refractivity contribution in [1.82, 2.24) is 9.80 Å². The quantitative estimate of drug-likeness (QED) is 0.172. The minimum atomic E-state index is -0.966. The van der Waals surface area contributed by atoms with Gasteiger partial charge in [0.15, 0.2) is 0 Å². The molecule has 43 heavy (non-hydrogen) atoms. The largest absolute Gasteiger partial charge is 0.492 e. The highest BCUT2D eigenvalue weighted by Crippen LogP contribution is 2.37. The topological polar surface area (TPSA) is 92.5 Å². The van der Waals surface area contributed by atoms with E-state index in [2.05, 4.69) is 11.0 Å². The number of thioether (sulfide) groups is 1. The van der Waals surface area contributed by atoms with Gasteiger partial charge in [0, 0.05) is 37.1 Å². The molecular formula is C33H30N2O6S2. The lowest BCUT2D eigenvalue weighted by Crippen LogP contribution is -2.38. The number of rotatable bonds is 10. The number of ether oxygens (including phenoxy) is 2. The van der Waals surface area contributed by atoms with Crippen molar-refractivity contribution in [1.29, 1.82) is 0 Å². The first-order chi connectivity index (χ1) is 20.9. The number of carbonyl (C=O) groups is 2. The summed E-state index contributed by atoms with van der Waals surface area (Å²) in [6.07, 6.45) is 4.12. The Morgan fingerprint density at radius 3 is 2.63 bits per heavy atom. The fourth-order valence-corrected chi connectivity index (χ4v) is 6.44. The number of furan rings is 1. The second kappa shape index (κ2) is 13.1. The van der Waals surface area contributed by atoms with Gasteiger partial charge >= 0.3 is 5.97 Å². The minimum absolute atomic E-state index is 0.135. The lowest BCUT2D eigenvalue weighted by atomic mass is 10.0. The number of amides is 1. The van der Waals surface area contributed by atoms with Crippen molar-refractivity contribution < 1.29 is 28.6 Å². The Hall–Kier alpha value is -3.96. The summed E-state index contributed by atoms with van der Waals surface area (Å²) in [6.45, 7) is 5.09. The average Bonchev–Trinajstić information content (AvgIpc) is 3.60. The Morgan fingerprint density at radius 2 is 1.84 bits per heavy atom. The van der Waals surface area contributed by atoms with E-state index in [0.29, 0.717) is 28.8 Å². The maximum atomic E-state index is 13.3. The van der Waals surface area contributed by atoms with E-state index in [1.807, 2.05) is 42.5 Å². The Kier molecular flexibility index (Phi) is 8.90. The van der Waals surface area contributed by atoms with Gasteiger partial charge in [-0.15, -0.1) is 0 Å². The van der Waals surface area contributed by atoms with Crippen LogP contribution in [0, 0.1) is 0 Å². The molecule has 0 aliphatic carbocycles. The predicted molar refractivity (Wildman–Crippen MR) is 171 cm³/mol. The number of nitrogens with zero attached hydrogens (tertiary/aromatic N) is 2. The first kappa shape index (κ1) is 29.1. The zero-order chi connectivity index (χ0) is 29.8. The van der Waals surface area contributed by atoms with Crippen LogP contribution in [-0.2, 0) is 16.0 Å². The number of aromatic carboxylic acids is 1. The van der Waals surface area contributed by atoms with Crippen molar-refractivity contribution in [3.63, 3.8) is 0 Å². The Bertz CT molecular complexity index is 1690. The van der Waals surface area contributed by atoms with Gasteiger partial charge in [-0.2, -0.15) is 0 Å². The van der Waals surface area contributed by atoms with Gasteiger partial charge in [0.1, 0.15) is 22.3 Å². The maximum Gasteiger partial charge on any atom is 0.335 e. The maximum absolute atomic E-state index is 13.3. The van der Waals surface area contributed by atoms with Crippen molar-refractivity contribution in [3.05, 3.63) is 94.6 Å². The van der Waals surface area contributed by atoms with Crippen LogP contribution in [0.1, 0.15) is 21.5 Å². The molecule has 0 unspecified atom stereocenters. The Morgan fingerprint density at radius 1 is 1.02 bits per heavy atom. The summed E-state index contributed by atoms with van der Waals surface area (Å²) in [5.41, 5.74) is 4.77. The van der Waals surface area contributed by atoms with Gasteiger partial charge in [-0.25, -0.2) is 4.79 Å². The SMILES string of the molecule is O=C(O)c1ccc(CCN2C(=O)/C(=C/c3ccc(OCCN4CCOCC4)c(-c4ccc5occc5c4)c3)SC2=S)cc1. The monoisotopic (exact) mass is 614 g/mol. The minimum Gasteiger partial charge on any atom is -0.492 e. The molecule has 2 saturated heterocycles. The number of benzene rings is 3. The molecule has 1 aromatic heterocycles. The summed E-state index contributed by atoms with van der Waals surface area (Å²) in [4.78, 5) is 29.0. The van der Waals surface area contributed by atoms with E-state index < -0.39 is 5.97 Å². The predicted octanol–water partition coefficient (Wildman–Crippen LogP) is 5.95. The molecule has 0 spiro atoms. The summed E-state index contributed by atoms with van der Waals surface area (Å²) in [5.74, 6) is -0.328. The van der Waals surface area contributed by atoms with Crippen LogP contribution in [-0.4, -0.2) is 77.1 Å². The molecule has 0 radical (unpaired) electrons. The third-order valence-electron chi connectivity index (χ3n) is 7.53. The summed E-state index contributed by atoms with van der Waals surface area (Å²) < 4.78 is 17.8. The van der Waals surface area contributed by atoms with Gasteiger partial charge in [0.05, 0.1) is 29.9 Å². The zero-order valence-corrected chi connectivity index (χ0v) is 25.0. The van der Waals surface area contributed by atoms with Crippen LogP contribution >= 0.6 is 24.0 Å². The lowest BCUT2D eigenvalue weighted by molar-refractivity contribution is -0.122. The van der Waals surface area contributed by atoms with Crippen LogP contribution < -0.4 is 4.74 Å². The molecule has 2 aliphatic heterocycles. The van der Waals surface area contributed by atoms with E-state index in [-0.39, 0.29) is 11.5 Å². The van der Waals surface area contributed by atoms with Gasteiger partial charge in [0.2, 0.25) is 0 Å². The van der Waals surface area contributed by atoms with Gasteiger partial charge in [0.25, 0.3) is 5.91 Å². The summed E-state index contributed by atoms with van der Waals surface area (Å²) in [7, 11) is 0. The second-order valence-corrected chi connectivity index (χ2v) is 12.0. The van der Waals surface area contributed by atoms with Gasteiger partial charge in [-0.1, -0.05) is 48.2 Å². The molecule has 10 heteroatoms. The highest BCUT2D eigenvalue weighted by molar-refractivity contribution is 8.26. The van der Waals surface area contributed by atoms with Crippen molar-refractivity contribution in [2.75, 3.05) is 46.0 Å². The Balaban J connectivity index is 1.20. The van der Waals surface area contributed by atoms with Crippen LogP contribution in [0.25, 0.3) is 28.2 Å². The number of hydrogen-bond acceptors (Lipinski definition) is 8. The number of fused-ring (bicyclic) bond motifs is 1. The number of carboxylic acids is 1. The third kappa shape index (κ3) is 6.83. The molecule has 3 aromatic carbocycles. The highest BCUT2D eigenvalue weighted by atomic mass is 32.2. The number of hydrogen-bond donors (Lipinski definition) is 1. The first-order valence-electron chi connectivity index (χ1n) is 14.1. The normalized spacial score (nSPS) is 16.8. The van der Waals surface area contributed by atoms with Crippen molar-refractivity contribution in [2.24, 2.45) is 0 Å². The summed E-state index contributed by atoms with van der Waals surface area (Å²) >= 11 is 6.84. The standard InChI is InChI=1S/C33H30N2O6S2/c36-31-30(43-33(42)35(31)11-9-22-1-4-24(5-2-22)32(37)38)20-23-3-7-29(41-18-14-34-12-16-39-17-13-34)27(19-23)25-6-8-28-26(21-25)10-15-40-28/h1-8,10,15,19-21H,9,11-14,16-18H2,(H,37,38)/b30-20-. The molecule has 1 N–H and O–H groups in total. The van der Waals surface area contributed by atoms with E-state index in [4.69, 9.17) is 31.2 Å². The number of carboxylic acid groups (broad SMARTS) is 1. The van der Waals surface area contributed by atoms with Gasteiger partial charge in [-0.05, 0) is 71.7 Å². The molecule has 0 atom stereocenters. The first-order valence-corrected chi connectivity index (χ1v) is 15.3. The molecule has 220 valence electrons. The molecule has 3 heterocycles. The van der Waals surface area contributed by atoms with E-state index in [9.17, 15) is 9.59 Å². The molecule has 4 aromatic rings. The lowest BCUT2D eigenvalue weighted by Gasteiger charge is -2.26. The third-order valence-corrected chi connectivity index (χ3v) is 8.91. The zero-order valence-electron chi connectivity index (χ0n) is 23.4. The fourth-order valence-electron chi connectivity index (χ4n) is 5.13. The second-order valence-electron chi connectivity index (χ2n) is 10.3. The highest BCUT2D eigenvalue weighted by Gasteiger charge is 2.31. The molecule has 2 fully saturated rings. The number of morpholine rings is 1. The van der Waals surface area contributed by atoms with Crippen molar-refractivity contribution in [3.8, 4) is 16.9 Å². The van der Waals surface area contributed by atoms with E-state index >= 15 is 0 Å². The van der Waals surface area contributed by atoms with Crippen LogP contribution in [0.5, 0.6) is 5.75 Å². The van der Waals surface area contributed by atoms with Crippen LogP contribution in [0.3, 0.4) is 0 Å².